The van der Waals surface area contributed by atoms with Gasteiger partial charge in [0.1, 0.15) is 11.2 Å². The minimum Gasteiger partial charge on any atom is -0.456 e. The van der Waals surface area contributed by atoms with Crippen LogP contribution in [0.3, 0.4) is 0 Å². The predicted octanol–water partition coefficient (Wildman–Crippen LogP) is 14.0. The van der Waals surface area contributed by atoms with Gasteiger partial charge in [0, 0.05) is 55.0 Å². The first kappa shape index (κ1) is 34.2. The summed E-state index contributed by atoms with van der Waals surface area (Å²) in [5.41, 5.74) is 13.4. The Morgan fingerprint density at radius 2 is 1.15 bits per heavy atom. The van der Waals surface area contributed by atoms with Gasteiger partial charge in [-0.2, -0.15) is 9.97 Å². The third kappa shape index (κ3) is 5.10. The highest BCUT2D eigenvalue weighted by molar-refractivity contribution is 6.13. The lowest BCUT2D eigenvalue weighted by atomic mass is 9.82. The van der Waals surface area contributed by atoms with E-state index in [2.05, 4.69) is 181 Å². The lowest BCUT2D eigenvalue weighted by Crippen LogP contribution is -2.18. The molecule has 0 unspecified atom stereocenters. The van der Waals surface area contributed by atoms with E-state index in [1.807, 2.05) is 30.3 Å². The molecule has 6 heteroatoms. The van der Waals surface area contributed by atoms with E-state index in [0.717, 1.165) is 71.9 Å². The van der Waals surface area contributed by atoms with Crippen molar-refractivity contribution >= 4 is 61.1 Å². The molecule has 0 bridgehead atoms. The molecule has 8 aromatic carbocycles. The third-order valence-electron chi connectivity index (χ3n) is 12.2. The highest BCUT2D eigenvalue weighted by Gasteiger charge is 2.38. The quantitative estimate of drug-likeness (QED) is 0.168. The second-order valence-electron chi connectivity index (χ2n) is 16.0. The largest absolute Gasteiger partial charge is 0.456 e. The predicted molar refractivity (Wildman–Crippen MR) is 245 cm³/mol. The van der Waals surface area contributed by atoms with Crippen molar-refractivity contribution < 1.29 is 4.42 Å². The molecule has 0 amide bonds. The van der Waals surface area contributed by atoms with Crippen LogP contribution < -0.4 is 4.90 Å². The van der Waals surface area contributed by atoms with Crippen LogP contribution >= 0.6 is 0 Å². The minimum absolute atomic E-state index is 0.191. The molecule has 0 saturated carbocycles. The van der Waals surface area contributed by atoms with Crippen molar-refractivity contribution in [3.05, 3.63) is 199 Å². The van der Waals surface area contributed by atoms with E-state index in [1.54, 1.807) is 0 Å². The Hall–Kier alpha value is -7.83. The second-order valence-corrected chi connectivity index (χ2v) is 16.0. The lowest BCUT2D eigenvalue weighted by Gasteiger charge is -2.27. The molecule has 3 heterocycles. The summed E-state index contributed by atoms with van der Waals surface area (Å²) in [5, 5.41) is 4.35. The molecule has 0 fully saturated rings. The van der Waals surface area contributed by atoms with E-state index in [-0.39, 0.29) is 5.41 Å². The molecule has 0 aliphatic heterocycles. The van der Waals surface area contributed by atoms with Crippen molar-refractivity contribution in [2.45, 2.75) is 19.3 Å². The molecule has 0 saturated heterocycles. The van der Waals surface area contributed by atoms with Crippen LogP contribution in [0.4, 0.5) is 17.3 Å². The highest BCUT2D eigenvalue weighted by Crippen LogP contribution is 2.54. The number of rotatable bonds is 6. The standard InChI is InChI=1S/C54H37N5O/c1-54(2)43-26-12-9-23-40(43)49-44(54)27-16-29-46(49)59(36-19-7-4-8-20-36)53-56-51(34-31-32-48-42(33-34)38-22-11-14-30-47(38)60-48)55-52(57-53)41-25-15-24-39-37-21-10-13-28-45(37)58(50(39)41)35-17-5-3-6-18-35/h3-33H,1-2H3. The van der Waals surface area contributed by atoms with Crippen molar-refractivity contribution in [1.82, 2.24) is 19.5 Å². The molecule has 1 aliphatic rings. The molecule has 3 aromatic heterocycles. The number of furan rings is 1. The van der Waals surface area contributed by atoms with Crippen LogP contribution in [0.5, 0.6) is 0 Å². The van der Waals surface area contributed by atoms with E-state index in [0.29, 0.717) is 17.6 Å². The zero-order valence-electron chi connectivity index (χ0n) is 33.0. The zero-order valence-corrected chi connectivity index (χ0v) is 33.0. The summed E-state index contributed by atoms with van der Waals surface area (Å²) in [7, 11) is 0. The number of hydrogen-bond acceptors (Lipinski definition) is 5. The van der Waals surface area contributed by atoms with Crippen molar-refractivity contribution in [3.8, 4) is 39.6 Å². The fraction of sp³-hybridized carbons (Fsp3) is 0.0556. The summed E-state index contributed by atoms with van der Waals surface area (Å²) < 4.78 is 8.61. The summed E-state index contributed by atoms with van der Waals surface area (Å²) in [5.74, 6) is 1.66. The Balaban J connectivity index is 1.18. The monoisotopic (exact) mass is 771 g/mol. The van der Waals surface area contributed by atoms with E-state index in [1.165, 1.54) is 22.3 Å². The summed E-state index contributed by atoms with van der Waals surface area (Å²) in [6, 6.07) is 65.8. The molecule has 0 N–H and O–H groups in total. The van der Waals surface area contributed by atoms with Gasteiger partial charge in [0.25, 0.3) is 0 Å². The topological polar surface area (TPSA) is 60.0 Å². The van der Waals surface area contributed by atoms with Crippen LogP contribution in [-0.2, 0) is 5.41 Å². The molecule has 11 aromatic rings. The molecule has 0 radical (unpaired) electrons. The maximum absolute atomic E-state index is 6.27. The average molecular weight is 772 g/mol. The van der Waals surface area contributed by atoms with Gasteiger partial charge in [-0.15, -0.1) is 0 Å². The normalized spacial score (nSPS) is 13.0. The first-order valence-corrected chi connectivity index (χ1v) is 20.4. The summed E-state index contributed by atoms with van der Waals surface area (Å²) >= 11 is 0. The molecule has 0 spiro atoms. The minimum atomic E-state index is -0.191. The van der Waals surface area contributed by atoms with E-state index in [9.17, 15) is 0 Å². The maximum atomic E-state index is 6.27. The zero-order chi connectivity index (χ0) is 40.0. The van der Waals surface area contributed by atoms with Crippen LogP contribution in [0, 0.1) is 0 Å². The summed E-state index contributed by atoms with van der Waals surface area (Å²) in [6.45, 7) is 4.63. The Bertz CT molecular complexity index is 3470. The van der Waals surface area contributed by atoms with Crippen molar-refractivity contribution in [2.24, 2.45) is 0 Å². The van der Waals surface area contributed by atoms with Gasteiger partial charge >= 0.3 is 0 Å². The molecule has 284 valence electrons. The molecule has 12 rings (SSSR count). The first-order valence-electron chi connectivity index (χ1n) is 20.4. The molecular formula is C54H37N5O. The number of para-hydroxylation sites is 5. The number of anilines is 3. The maximum Gasteiger partial charge on any atom is 0.238 e. The van der Waals surface area contributed by atoms with Gasteiger partial charge in [0.15, 0.2) is 11.6 Å². The van der Waals surface area contributed by atoms with Gasteiger partial charge in [-0.25, -0.2) is 4.98 Å². The molecule has 1 aliphatic carbocycles. The smallest absolute Gasteiger partial charge is 0.238 e. The van der Waals surface area contributed by atoms with Crippen LogP contribution in [0.2, 0.25) is 0 Å². The fourth-order valence-electron chi connectivity index (χ4n) is 9.48. The molecular weight excluding hydrogens is 735 g/mol. The van der Waals surface area contributed by atoms with Crippen LogP contribution in [-0.4, -0.2) is 19.5 Å². The van der Waals surface area contributed by atoms with Crippen molar-refractivity contribution in [2.75, 3.05) is 4.90 Å². The van der Waals surface area contributed by atoms with Crippen LogP contribution in [0.15, 0.2) is 192 Å². The van der Waals surface area contributed by atoms with E-state index < -0.39 is 0 Å². The van der Waals surface area contributed by atoms with Gasteiger partial charge in [-0.3, -0.25) is 4.90 Å². The molecule has 60 heavy (non-hydrogen) atoms. The van der Waals surface area contributed by atoms with Gasteiger partial charge in [0.2, 0.25) is 5.95 Å². The highest BCUT2D eigenvalue weighted by atomic mass is 16.3. The second kappa shape index (κ2) is 13.1. The Kier molecular flexibility index (Phi) is 7.47. The molecule has 6 nitrogen and oxygen atoms in total. The third-order valence-corrected chi connectivity index (χ3v) is 12.2. The number of aromatic nitrogens is 4. The van der Waals surface area contributed by atoms with Gasteiger partial charge in [0.05, 0.1) is 16.7 Å². The van der Waals surface area contributed by atoms with E-state index in [4.69, 9.17) is 19.4 Å². The first-order chi connectivity index (χ1) is 29.5. The summed E-state index contributed by atoms with van der Waals surface area (Å²) in [6.07, 6.45) is 0. The van der Waals surface area contributed by atoms with Gasteiger partial charge in [-0.05, 0) is 83.4 Å². The van der Waals surface area contributed by atoms with E-state index >= 15 is 0 Å². The number of fused-ring (bicyclic) bond motifs is 9. The Labute approximate surface area is 346 Å². The van der Waals surface area contributed by atoms with Crippen LogP contribution in [0.25, 0.3) is 83.3 Å². The average Bonchev–Trinajstić information content (AvgIpc) is 3.92. The lowest BCUT2D eigenvalue weighted by molar-refractivity contribution is 0.660. The molecule has 0 atom stereocenters. The van der Waals surface area contributed by atoms with Gasteiger partial charge in [-0.1, -0.05) is 135 Å². The summed E-state index contributed by atoms with van der Waals surface area (Å²) in [4.78, 5) is 18.6. The fourth-order valence-corrected chi connectivity index (χ4v) is 9.48. The number of hydrogen-bond donors (Lipinski definition) is 0. The van der Waals surface area contributed by atoms with Gasteiger partial charge < -0.3 is 8.98 Å². The Morgan fingerprint density at radius 1 is 0.500 bits per heavy atom. The van der Waals surface area contributed by atoms with Crippen molar-refractivity contribution in [1.29, 1.82) is 0 Å². The van der Waals surface area contributed by atoms with Crippen LogP contribution in [0.1, 0.15) is 25.0 Å². The number of nitrogens with zero attached hydrogens (tertiary/aromatic N) is 5. The Morgan fingerprint density at radius 3 is 2.02 bits per heavy atom. The SMILES string of the molecule is CC1(C)c2ccccc2-c2c(N(c3ccccc3)c3nc(-c4ccc5oc6ccccc6c5c4)nc(-c4cccc5c6ccccc6n(-c6ccccc6)c45)n3)cccc21. The number of benzene rings is 8. The van der Waals surface area contributed by atoms with Crippen molar-refractivity contribution in [3.63, 3.8) is 0 Å².